The van der Waals surface area contributed by atoms with E-state index in [1.54, 1.807) is 0 Å². The molecule has 0 saturated carbocycles. The van der Waals surface area contributed by atoms with Crippen LogP contribution >= 0.6 is 34.4 Å². The van der Waals surface area contributed by atoms with Gasteiger partial charge in [0, 0.05) is 4.90 Å². The Morgan fingerprint density at radius 2 is 1.92 bits per heavy atom. The Labute approximate surface area is 95.5 Å². The van der Waals surface area contributed by atoms with Crippen molar-refractivity contribution in [3.63, 3.8) is 0 Å². The molecule has 72 valence electrons. The highest BCUT2D eigenvalue weighted by atomic mass is 35.5. The van der Waals surface area contributed by atoms with Crippen LogP contribution in [0.5, 0.6) is 0 Å². The lowest BCUT2D eigenvalue weighted by molar-refractivity contribution is 1.36. The SMILES string of the molecule is Cc1ccc(S[SiH2]CC(Cl)Cl)cc1. The van der Waals surface area contributed by atoms with E-state index in [9.17, 15) is 0 Å². The van der Waals surface area contributed by atoms with Crippen molar-refractivity contribution in [2.75, 3.05) is 0 Å². The quantitative estimate of drug-likeness (QED) is 0.584. The number of benzene rings is 1. The molecule has 0 aliphatic rings. The molecular formula is C9H12Cl2SSi. The van der Waals surface area contributed by atoms with Gasteiger partial charge in [-0.2, -0.15) is 11.2 Å². The maximum absolute atomic E-state index is 5.66. The number of hydrogen-bond donors (Lipinski definition) is 0. The fourth-order valence-electron chi connectivity index (χ4n) is 0.900. The highest BCUT2D eigenvalue weighted by Crippen LogP contribution is 2.20. The molecule has 0 N–H and O–H groups in total. The zero-order valence-electron chi connectivity index (χ0n) is 7.47. The minimum Gasteiger partial charge on any atom is -0.159 e. The van der Waals surface area contributed by atoms with Gasteiger partial charge in [-0.15, -0.1) is 23.2 Å². The van der Waals surface area contributed by atoms with Crippen LogP contribution in [0.3, 0.4) is 0 Å². The molecule has 1 aromatic rings. The van der Waals surface area contributed by atoms with E-state index >= 15 is 0 Å². The minimum atomic E-state index is -0.194. The van der Waals surface area contributed by atoms with Crippen LogP contribution in [0, 0.1) is 6.92 Å². The van der Waals surface area contributed by atoms with E-state index in [-0.39, 0.29) is 13.5 Å². The van der Waals surface area contributed by atoms with Crippen molar-refractivity contribution >= 4 is 43.1 Å². The smallest absolute Gasteiger partial charge is 0.105 e. The van der Waals surface area contributed by atoms with Crippen molar-refractivity contribution in [1.29, 1.82) is 0 Å². The van der Waals surface area contributed by atoms with Gasteiger partial charge in [0.25, 0.3) is 0 Å². The van der Waals surface area contributed by atoms with Crippen LogP contribution in [0.1, 0.15) is 5.56 Å². The lowest BCUT2D eigenvalue weighted by Crippen LogP contribution is -1.91. The van der Waals surface area contributed by atoms with Crippen LogP contribution < -0.4 is 0 Å². The fourth-order valence-corrected chi connectivity index (χ4v) is 5.54. The molecule has 0 aliphatic heterocycles. The van der Waals surface area contributed by atoms with E-state index in [4.69, 9.17) is 23.2 Å². The number of hydrogen-bond acceptors (Lipinski definition) is 1. The second kappa shape index (κ2) is 5.97. The Hall–Kier alpha value is 0.367. The van der Waals surface area contributed by atoms with Gasteiger partial charge in [-0.05, 0) is 25.1 Å². The summed E-state index contributed by atoms with van der Waals surface area (Å²) in [7, 11) is -0.194. The maximum atomic E-state index is 5.66. The van der Waals surface area contributed by atoms with Gasteiger partial charge >= 0.3 is 0 Å². The molecule has 0 bridgehead atoms. The molecule has 0 aliphatic carbocycles. The molecule has 1 aromatic carbocycles. The summed E-state index contributed by atoms with van der Waals surface area (Å²) in [6, 6.07) is 9.56. The maximum Gasteiger partial charge on any atom is 0.105 e. The fraction of sp³-hybridized carbons (Fsp3) is 0.333. The molecule has 4 heteroatoms. The molecule has 0 fully saturated rings. The van der Waals surface area contributed by atoms with Gasteiger partial charge < -0.3 is 0 Å². The van der Waals surface area contributed by atoms with Gasteiger partial charge in [-0.1, -0.05) is 17.7 Å². The first-order valence-corrected chi connectivity index (χ1v) is 8.75. The Balaban J connectivity index is 2.33. The predicted molar refractivity (Wildman–Crippen MR) is 65.9 cm³/mol. The van der Waals surface area contributed by atoms with E-state index < -0.39 is 0 Å². The van der Waals surface area contributed by atoms with Crippen molar-refractivity contribution in [2.24, 2.45) is 0 Å². The molecule has 13 heavy (non-hydrogen) atoms. The topological polar surface area (TPSA) is 0 Å². The molecule has 0 nitrogen and oxygen atoms in total. The number of aryl methyl sites for hydroxylation is 1. The third-order valence-corrected chi connectivity index (χ3v) is 6.74. The predicted octanol–water partition coefficient (Wildman–Crippen LogP) is 3.39. The first-order chi connectivity index (χ1) is 6.18. The summed E-state index contributed by atoms with van der Waals surface area (Å²) in [5.41, 5.74) is 1.30. The molecule has 1 rings (SSSR count). The van der Waals surface area contributed by atoms with Crippen molar-refractivity contribution in [2.45, 2.75) is 22.7 Å². The highest BCUT2D eigenvalue weighted by Gasteiger charge is 1.99. The first-order valence-electron chi connectivity index (χ1n) is 4.16. The van der Waals surface area contributed by atoms with Gasteiger partial charge in [0.15, 0.2) is 0 Å². The molecule has 0 radical (unpaired) electrons. The van der Waals surface area contributed by atoms with Crippen LogP contribution in [0.15, 0.2) is 29.2 Å². The van der Waals surface area contributed by atoms with Gasteiger partial charge in [0.05, 0.1) is 8.67 Å². The van der Waals surface area contributed by atoms with Gasteiger partial charge in [0.2, 0.25) is 0 Å². The first kappa shape index (κ1) is 11.4. The third kappa shape index (κ3) is 4.96. The zero-order chi connectivity index (χ0) is 9.68. The summed E-state index contributed by atoms with van der Waals surface area (Å²) in [5, 5.41) is 0. The van der Waals surface area contributed by atoms with Gasteiger partial charge in [0.1, 0.15) is 4.84 Å². The van der Waals surface area contributed by atoms with Crippen LogP contribution in [-0.2, 0) is 0 Å². The standard InChI is InChI=1S/C9H12Cl2SSi/c1-7-2-4-8(5-3-7)12-13-6-9(10)11/h2-5,9H,6,13H2,1H3. The van der Waals surface area contributed by atoms with Crippen LogP contribution in [0.25, 0.3) is 0 Å². The lowest BCUT2D eigenvalue weighted by Gasteiger charge is -2.01. The number of rotatable bonds is 4. The van der Waals surface area contributed by atoms with E-state index in [0.717, 1.165) is 6.04 Å². The van der Waals surface area contributed by atoms with E-state index in [1.165, 1.54) is 10.5 Å². The summed E-state index contributed by atoms with van der Waals surface area (Å²) < 4.78 is 0. The summed E-state index contributed by atoms with van der Waals surface area (Å²) >= 11 is 13.2. The molecule has 0 heterocycles. The van der Waals surface area contributed by atoms with Crippen molar-refractivity contribution < 1.29 is 0 Å². The monoisotopic (exact) mass is 250 g/mol. The van der Waals surface area contributed by atoms with E-state index in [1.807, 2.05) is 11.2 Å². The van der Waals surface area contributed by atoms with Crippen molar-refractivity contribution in [3.8, 4) is 0 Å². The second-order valence-corrected chi connectivity index (χ2v) is 7.95. The van der Waals surface area contributed by atoms with Crippen molar-refractivity contribution in [1.82, 2.24) is 0 Å². The van der Waals surface area contributed by atoms with Crippen LogP contribution in [-0.4, -0.2) is 13.5 Å². The molecular weight excluding hydrogens is 239 g/mol. The van der Waals surface area contributed by atoms with Crippen LogP contribution in [0.4, 0.5) is 0 Å². The average Bonchev–Trinajstić information content (AvgIpc) is 2.08. The lowest BCUT2D eigenvalue weighted by atomic mass is 10.2. The van der Waals surface area contributed by atoms with Gasteiger partial charge in [-0.3, -0.25) is 0 Å². The summed E-state index contributed by atoms with van der Waals surface area (Å²) in [4.78, 5) is 1.16. The number of halogens is 2. The Morgan fingerprint density at radius 3 is 2.46 bits per heavy atom. The van der Waals surface area contributed by atoms with Crippen LogP contribution in [0.2, 0.25) is 6.04 Å². The Morgan fingerprint density at radius 1 is 1.31 bits per heavy atom. The van der Waals surface area contributed by atoms with Crippen molar-refractivity contribution in [3.05, 3.63) is 29.8 Å². The zero-order valence-corrected chi connectivity index (χ0v) is 11.2. The van der Waals surface area contributed by atoms with E-state index in [0.29, 0.717) is 0 Å². The normalized spacial score (nSPS) is 11.7. The largest absolute Gasteiger partial charge is 0.159 e. The average molecular weight is 251 g/mol. The highest BCUT2D eigenvalue weighted by molar-refractivity contribution is 8.22. The van der Waals surface area contributed by atoms with Gasteiger partial charge in [-0.25, -0.2) is 0 Å². The Kier molecular flexibility index (Phi) is 5.25. The number of alkyl halides is 2. The Bertz CT molecular complexity index is 248. The molecule has 0 saturated heterocycles. The molecule has 0 amide bonds. The minimum absolute atomic E-state index is 0.176. The molecule has 0 unspecified atom stereocenters. The summed E-state index contributed by atoms with van der Waals surface area (Å²) in [6.07, 6.45) is 0. The second-order valence-electron chi connectivity index (χ2n) is 2.84. The summed E-state index contributed by atoms with van der Waals surface area (Å²) in [5.74, 6) is 0. The summed E-state index contributed by atoms with van der Waals surface area (Å²) in [6.45, 7) is 2.10. The molecule has 0 aromatic heterocycles. The molecule has 0 atom stereocenters. The third-order valence-electron chi connectivity index (χ3n) is 1.63. The molecule has 0 spiro atoms. The van der Waals surface area contributed by atoms with E-state index in [2.05, 4.69) is 31.2 Å².